The first-order valence-electron chi connectivity index (χ1n) is 7.91. The number of aliphatic hydroxyl groups is 1. The standard InChI is InChI=1S/C20H19NO4/c1-24-19-12-15(21-20(23)11-14-5-3-2-4-6-14)7-9-17(19)18-10-8-16(13-22)25-18/h2-10,12,22H,11,13H2,1H3,(H,21,23). The predicted molar refractivity (Wildman–Crippen MR) is 95.4 cm³/mol. The van der Waals surface area contributed by atoms with Crippen molar-refractivity contribution >= 4 is 11.6 Å². The van der Waals surface area contributed by atoms with E-state index in [0.717, 1.165) is 11.1 Å². The van der Waals surface area contributed by atoms with Crippen molar-refractivity contribution in [3.63, 3.8) is 0 Å². The molecule has 2 N–H and O–H groups in total. The fourth-order valence-corrected chi connectivity index (χ4v) is 2.57. The van der Waals surface area contributed by atoms with E-state index >= 15 is 0 Å². The van der Waals surface area contributed by atoms with Gasteiger partial charge in [0.15, 0.2) is 0 Å². The van der Waals surface area contributed by atoms with Gasteiger partial charge < -0.3 is 19.6 Å². The van der Waals surface area contributed by atoms with E-state index in [4.69, 9.17) is 14.3 Å². The molecule has 0 unspecified atom stereocenters. The average Bonchev–Trinajstić information content (AvgIpc) is 3.11. The molecule has 1 aromatic heterocycles. The first-order chi connectivity index (χ1) is 12.2. The minimum Gasteiger partial charge on any atom is -0.496 e. The molecule has 0 bridgehead atoms. The van der Waals surface area contributed by atoms with Crippen LogP contribution in [0.15, 0.2) is 65.1 Å². The maximum absolute atomic E-state index is 12.2. The number of hydrogen-bond donors (Lipinski definition) is 2. The van der Waals surface area contributed by atoms with Crippen LogP contribution in [-0.4, -0.2) is 18.1 Å². The van der Waals surface area contributed by atoms with Crippen LogP contribution in [0.2, 0.25) is 0 Å². The van der Waals surface area contributed by atoms with Crippen LogP contribution in [0.1, 0.15) is 11.3 Å². The van der Waals surface area contributed by atoms with Crippen LogP contribution in [0, 0.1) is 0 Å². The number of methoxy groups -OCH3 is 1. The zero-order valence-electron chi connectivity index (χ0n) is 13.9. The van der Waals surface area contributed by atoms with Crippen LogP contribution >= 0.6 is 0 Å². The van der Waals surface area contributed by atoms with E-state index in [1.54, 1.807) is 31.4 Å². The highest BCUT2D eigenvalue weighted by atomic mass is 16.5. The van der Waals surface area contributed by atoms with E-state index in [9.17, 15) is 4.79 Å². The molecule has 3 rings (SSSR count). The molecule has 0 radical (unpaired) electrons. The van der Waals surface area contributed by atoms with E-state index < -0.39 is 0 Å². The lowest BCUT2D eigenvalue weighted by atomic mass is 10.1. The van der Waals surface area contributed by atoms with E-state index in [1.165, 1.54) is 0 Å². The molecule has 0 spiro atoms. The van der Waals surface area contributed by atoms with Crippen molar-refractivity contribution < 1.29 is 19.1 Å². The molecule has 3 aromatic rings. The van der Waals surface area contributed by atoms with Gasteiger partial charge in [-0.1, -0.05) is 30.3 Å². The topological polar surface area (TPSA) is 71.7 Å². The molecule has 5 nitrogen and oxygen atoms in total. The second kappa shape index (κ2) is 7.68. The van der Waals surface area contributed by atoms with Crippen LogP contribution in [-0.2, 0) is 17.8 Å². The summed E-state index contributed by atoms with van der Waals surface area (Å²) in [6.45, 7) is -0.157. The molecule has 0 saturated heterocycles. The van der Waals surface area contributed by atoms with Crippen molar-refractivity contribution in [1.29, 1.82) is 0 Å². The smallest absolute Gasteiger partial charge is 0.228 e. The minimum absolute atomic E-state index is 0.0958. The third kappa shape index (κ3) is 4.08. The van der Waals surface area contributed by atoms with Gasteiger partial charge in [-0.15, -0.1) is 0 Å². The number of benzene rings is 2. The fraction of sp³-hybridized carbons (Fsp3) is 0.150. The second-order valence-electron chi connectivity index (χ2n) is 5.55. The number of rotatable bonds is 6. The zero-order chi connectivity index (χ0) is 17.6. The van der Waals surface area contributed by atoms with Gasteiger partial charge in [-0.2, -0.15) is 0 Å². The summed E-state index contributed by atoms with van der Waals surface area (Å²) in [6.07, 6.45) is 0.308. The Balaban J connectivity index is 1.76. The summed E-state index contributed by atoms with van der Waals surface area (Å²) in [7, 11) is 1.56. The molecule has 1 heterocycles. The van der Waals surface area contributed by atoms with E-state index in [-0.39, 0.29) is 12.5 Å². The lowest BCUT2D eigenvalue weighted by Gasteiger charge is -2.10. The monoisotopic (exact) mass is 337 g/mol. The SMILES string of the molecule is COc1cc(NC(=O)Cc2ccccc2)ccc1-c1ccc(CO)o1. The molecule has 0 aliphatic carbocycles. The molecule has 128 valence electrons. The number of carbonyl (C=O) groups excluding carboxylic acids is 1. The first kappa shape index (κ1) is 16.8. The van der Waals surface area contributed by atoms with Crippen molar-refractivity contribution in [3.05, 3.63) is 72.0 Å². The third-order valence-corrected chi connectivity index (χ3v) is 3.78. The van der Waals surface area contributed by atoms with Gasteiger partial charge in [-0.05, 0) is 29.8 Å². The molecule has 2 aromatic carbocycles. The predicted octanol–water partition coefficient (Wildman–Crippen LogP) is 3.63. The number of nitrogens with one attached hydrogen (secondary N) is 1. The normalized spacial score (nSPS) is 10.5. The van der Waals surface area contributed by atoms with Crippen LogP contribution in [0.4, 0.5) is 5.69 Å². The summed E-state index contributed by atoms with van der Waals surface area (Å²) in [6, 6.07) is 18.4. The highest BCUT2D eigenvalue weighted by molar-refractivity contribution is 5.93. The molecule has 0 fully saturated rings. The molecule has 25 heavy (non-hydrogen) atoms. The molecule has 0 saturated carbocycles. The van der Waals surface area contributed by atoms with Gasteiger partial charge in [0.25, 0.3) is 0 Å². The zero-order valence-corrected chi connectivity index (χ0v) is 13.9. The summed E-state index contributed by atoms with van der Waals surface area (Å²) in [5, 5.41) is 12.0. The largest absolute Gasteiger partial charge is 0.496 e. The number of aliphatic hydroxyl groups excluding tert-OH is 1. The number of anilines is 1. The van der Waals surface area contributed by atoms with Crippen molar-refractivity contribution in [3.8, 4) is 17.1 Å². The van der Waals surface area contributed by atoms with Gasteiger partial charge in [-0.25, -0.2) is 0 Å². The molecule has 0 aliphatic rings. The molecular formula is C20H19NO4. The highest BCUT2D eigenvalue weighted by Crippen LogP contribution is 2.33. The number of ether oxygens (including phenoxy) is 1. The van der Waals surface area contributed by atoms with E-state index in [1.807, 2.05) is 36.4 Å². The van der Waals surface area contributed by atoms with E-state index in [2.05, 4.69) is 5.32 Å². The minimum atomic E-state index is -0.157. The molecule has 5 heteroatoms. The van der Waals surface area contributed by atoms with Crippen molar-refractivity contribution in [2.75, 3.05) is 12.4 Å². The van der Waals surface area contributed by atoms with Crippen molar-refractivity contribution in [1.82, 2.24) is 0 Å². The summed E-state index contributed by atoms with van der Waals surface area (Å²) in [5.41, 5.74) is 2.36. The summed E-state index contributed by atoms with van der Waals surface area (Å²) >= 11 is 0. The lowest BCUT2D eigenvalue weighted by molar-refractivity contribution is -0.115. The van der Waals surface area contributed by atoms with Crippen molar-refractivity contribution in [2.24, 2.45) is 0 Å². The number of amides is 1. The van der Waals surface area contributed by atoms with Crippen LogP contribution in [0.3, 0.4) is 0 Å². The van der Waals surface area contributed by atoms with Gasteiger partial charge in [0, 0.05) is 11.8 Å². The Morgan fingerprint density at radius 1 is 1.12 bits per heavy atom. The van der Waals surface area contributed by atoms with Gasteiger partial charge in [0.1, 0.15) is 23.9 Å². The second-order valence-corrected chi connectivity index (χ2v) is 5.55. The van der Waals surface area contributed by atoms with Gasteiger partial charge in [0.05, 0.1) is 19.1 Å². The van der Waals surface area contributed by atoms with Gasteiger partial charge in [-0.3, -0.25) is 4.79 Å². The Morgan fingerprint density at radius 2 is 1.92 bits per heavy atom. The Labute approximate surface area is 145 Å². The molecular weight excluding hydrogens is 318 g/mol. The Morgan fingerprint density at radius 3 is 2.60 bits per heavy atom. The summed E-state index contributed by atoms with van der Waals surface area (Å²) in [4.78, 5) is 12.2. The number of carbonyl (C=O) groups is 1. The van der Waals surface area contributed by atoms with Gasteiger partial charge >= 0.3 is 0 Å². The molecule has 0 atom stereocenters. The molecule has 0 aliphatic heterocycles. The summed E-state index contributed by atoms with van der Waals surface area (Å²) < 4.78 is 11.0. The quantitative estimate of drug-likeness (QED) is 0.720. The maximum atomic E-state index is 12.2. The molecule has 1 amide bonds. The van der Waals surface area contributed by atoms with E-state index in [0.29, 0.717) is 29.4 Å². The average molecular weight is 337 g/mol. The number of hydrogen-bond acceptors (Lipinski definition) is 4. The Kier molecular flexibility index (Phi) is 5.16. The highest BCUT2D eigenvalue weighted by Gasteiger charge is 2.12. The lowest BCUT2D eigenvalue weighted by Crippen LogP contribution is -2.14. The van der Waals surface area contributed by atoms with Crippen molar-refractivity contribution in [2.45, 2.75) is 13.0 Å². The van der Waals surface area contributed by atoms with Crippen LogP contribution < -0.4 is 10.1 Å². The first-order valence-corrected chi connectivity index (χ1v) is 7.91. The Hall–Kier alpha value is -3.05. The fourth-order valence-electron chi connectivity index (χ4n) is 2.57. The van der Waals surface area contributed by atoms with Crippen LogP contribution in [0.5, 0.6) is 5.75 Å². The van der Waals surface area contributed by atoms with Gasteiger partial charge in [0.2, 0.25) is 5.91 Å². The maximum Gasteiger partial charge on any atom is 0.228 e. The summed E-state index contributed by atoms with van der Waals surface area (Å²) in [5.74, 6) is 1.57. The van der Waals surface area contributed by atoms with Crippen LogP contribution in [0.25, 0.3) is 11.3 Å². The third-order valence-electron chi connectivity index (χ3n) is 3.78. The Bertz CT molecular complexity index is 855. The number of furan rings is 1.